The van der Waals surface area contributed by atoms with Gasteiger partial charge in [-0.3, -0.25) is 4.90 Å². The first kappa shape index (κ1) is 13.0. The number of anilines is 2. The lowest BCUT2D eigenvalue weighted by molar-refractivity contribution is 0.169. The molecule has 0 radical (unpaired) electrons. The third-order valence-corrected chi connectivity index (χ3v) is 3.66. The van der Waals surface area contributed by atoms with Crippen molar-refractivity contribution >= 4 is 11.6 Å². The lowest BCUT2D eigenvalue weighted by Gasteiger charge is -2.43. The number of nitrogen functional groups attached to an aromatic ring is 1. The number of piperazine rings is 1. The molecular formula is C12H22N6. The van der Waals surface area contributed by atoms with Crippen LogP contribution in [0.15, 0.2) is 6.07 Å². The number of nitrogens with one attached hydrogen (secondary N) is 1. The number of nitrogens with zero attached hydrogens (tertiary/aromatic N) is 4. The molecule has 6 heteroatoms. The highest BCUT2D eigenvalue weighted by Gasteiger charge is 2.27. The quantitative estimate of drug-likeness (QED) is 0.591. The van der Waals surface area contributed by atoms with Gasteiger partial charge in [-0.1, -0.05) is 0 Å². The van der Waals surface area contributed by atoms with Gasteiger partial charge in [0.15, 0.2) is 0 Å². The molecule has 3 N–H and O–H groups in total. The summed E-state index contributed by atoms with van der Waals surface area (Å²) in [7, 11) is 2.17. The molecule has 1 aliphatic rings. The number of likely N-dealkylation sites (N-methyl/N-ethyl adjacent to an activating group) is 1. The van der Waals surface area contributed by atoms with E-state index < -0.39 is 0 Å². The zero-order valence-corrected chi connectivity index (χ0v) is 11.5. The molecule has 0 aliphatic carbocycles. The van der Waals surface area contributed by atoms with E-state index in [2.05, 4.69) is 46.1 Å². The molecule has 18 heavy (non-hydrogen) atoms. The highest BCUT2D eigenvalue weighted by atomic mass is 15.3. The van der Waals surface area contributed by atoms with Crippen LogP contribution < -0.4 is 16.2 Å². The van der Waals surface area contributed by atoms with Gasteiger partial charge in [-0.05, 0) is 27.8 Å². The first-order valence-corrected chi connectivity index (χ1v) is 6.30. The van der Waals surface area contributed by atoms with Crippen molar-refractivity contribution in [1.82, 2.24) is 14.9 Å². The van der Waals surface area contributed by atoms with Crippen LogP contribution in [0.4, 0.5) is 11.6 Å². The monoisotopic (exact) mass is 250 g/mol. The molecule has 0 spiro atoms. The lowest BCUT2D eigenvalue weighted by atomic mass is 10.1. The Morgan fingerprint density at radius 1 is 1.28 bits per heavy atom. The summed E-state index contributed by atoms with van der Waals surface area (Å²) in [4.78, 5) is 13.4. The van der Waals surface area contributed by atoms with E-state index in [0.29, 0.717) is 17.9 Å². The lowest BCUT2D eigenvalue weighted by Crippen LogP contribution is -2.55. The molecule has 0 bridgehead atoms. The summed E-state index contributed by atoms with van der Waals surface area (Å²) in [6.45, 7) is 8.30. The van der Waals surface area contributed by atoms with Gasteiger partial charge in [0.25, 0.3) is 0 Å². The Kier molecular flexibility index (Phi) is 3.68. The predicted molar refractivity (Wildman–Crippen MR) is 73.5 cm³/mol. The van der Waals surface area contributed by atoms with Crippen molar-refractivity contribution in [1.29, 1.82) is 0 Å². The Labute approximate surface area is 108 Å². The van der Waals surface area contributed by atoms with E-state index in [9.17, 15) is 0 Å². The van der Waals surface area contributed by atoms with Gasteiger partial charge >= 0.3 is 0 Å². The Morgan fingerprint density at radius 2 is 1.89 bits per heavy atom. The number of nitrogens with two attached hydrogens (primary N) is 1. The number of aromatic nitrogens is 2. The number of aryl methyl sites for hydroxylation is 1. The normalized spacial score (nSPS) is 25.3. The highest BCUT2D eigenvalue weighted by Crippen LogP contribution is 2.21. The number of hydrogen-bond donors (Lipinski definition) is 2. The highest BCUT2D eigenvalue weighted by molar-refractivity contribution is 5.49. The minimum Gasteiger partial charge on any atom is -0.353 e. The van der Waals surface area contributed by atoms with Crippen LogP contribution in [0.25, 0.3) is 0 Å². The van der Waals surface area contributed by atoms with Gasteiger partial charge in [0, 0.05) is 31.2 Å². The van der Waals surface area contributed by atoms with Crippen LogP contribution in [0, 0.1) is 6.92 Å². The van der Waals surface area contributed by atoms with E-state index in [1.54, 1.807) is 0 Å². The van der Waals surface area contributed by atoms with Gasteiger partial charge in [0.1, 0.15) is 17.5 Å². The summed E-state index contributed by atoms with van der Waals surface area (Å²) in [6, 6.07) is 2.93. The number of hydrogen-bond acceptors (Lipinski definition) is 6. The maximum absolute atomic E-state index is 5.43. The van der Waals surface area contributed by atoms with E-state index >= 15 is 0 Å². The smallest absolute Gasteiger partial charge is 0.145 e. The van der Waals surface area contributed by atoms with Crippen molar-refractivity contribution < 1.29 is 0 Å². The Balaban J connectivity index is 2.23. The Bertz CT molecular complexity index is 409. The zero-order valence-electron chi connectivity index (χ0n) is 11.5. The fourth-order valence-corrected chi connectivity index (χ4v) is 2.38. The van der Waals surface area contributed by atoms with Crippen molar-refractivity contribution in [3.63, 3.8) is 0 Å². The summed E-state index contributed by atoms with van der Waals surface area (Å²) in [5.74, 6) is 7.77. The van der Waals surface area contributed by atoms with E-state index in [-0.39, 0.29) is 0 Å². The second kappa shape index (κ2) is 5.07. The summed E-state index contributed by atoms with van der Waals surface area (Å²) in [6.07, 6.45) is 0. The summed E-state index contributed by atoms with van der Waals surface area (Å²) < 4.78 is 0. The van der Waals surface area contributed by atoms with E-state index in [0.717, 1.165) is 24.7 Å². The van der Waals surface area contributed by atoms with Crippen molar-refractivity contribution in [2.45, 2.75) is 32.9 Å². The second-order valence-corrected chi connectivity index (χ2v) is 5.07. The maximum atomic E-state index is 5.43. The molecule has 2 rings (SSSR count). The summed E-state index contributed by atoms with van der Waals surface area (Å²) in [5, 5.41) is 0. The van der Waals surface area contributed by atoms with Crippen LogP contribution in [0.2, 0.25) is 0 Å². The van der Waals surface area contributed by atoms with E-state index in [1.165, 1.54) is 0 Å². The molecule has 1 fully saturated rings. The molecule has 2 unspecified atom stereocenters. The molecule has 1 aromatic heterocycles. The third kappa shape index (κ3) is 2.54. The van der Waals surface area contributed by atoms with E-state index in [4.69, 9.17) is 5.84 Å². The average molecular weight is 250 g/mol. The van der Waals surface area contributed by atoms with Gasteiger partial charge < -0.3 is 10.3 Å². The van der Waals surface area contributed by atoms with Crippen LogP contribution in [-0.2, 0) is 0 Å². The fraction of sp³-hybridized carbons (Fsp3) is 0.667. The molecular weight excluding hydrogens is 228 g/mol. The van der Waals surface area contributed by atoms with Gasteiger partial charge in [-0.15, -0.1) is 0 Å². The summed E-state index contributed by atoms with van der Waals surface area (Å²) in [5.41, 5.74) is 2.59. The molecule has 1 aromatic rings. The van der Waals surface area contributed by atoms with Gasteiger partial charge in [-0.25, -0.2) is 15.8 Å². The fourth-order valence-electron chi connectivity index (χ4n) is 2.38. The Morgan fingerprint density at radius 3 is 2.44 bits per heavy atom. The minimum absolute atomic E-state index is 0.512. The minimum atomic E-state index is 0.512. The maximum Gasteiger partial charge on any atom is 0.145 e. The number of hydrazine groups is 1. The summed E-state index contributed by atoms with van der Waals surface area (Å²) >= 11 is 0. The van der Waals surface area contributed by atoms with Crippen molar-refractivity contribution in [3.8, 4) is 0 Å². The van der Waals surface area contributed by atoms with E-state index in [1.807, 2.05) is 13.0 Å². The predicted octanol–water partition coefficient (Wildman–Crippen LogP) is 0.599. The Hall–Kier alpha value is -1.40. The zero-order chi connectivity index (χ0) is 13.3. The first-order valence-electron chi connectivity index (χ1n) is 6.30. The van der Waals surface area contributed by atoms with Crippen LogP contribution >= 0.6 is 0 Å². The van der Waals surface area contributed by atoms with Gasteiger partial charge in [-0.2, -0.15) is 0 Å². The van der Waals surface area contributed by atoms with Gasteiger partial charge in [0.2, 0.25) is 0 Å². The second-order valence-electron chi connectivity index (χ2n) is 5.07. The number of rotatable bonds is 2. The topological polar surface area (TPSA) is 70.3 Å². The standard InChI is InChI=1S/C12H22N6/c1-8-6-18(7-9(2)17(8)4)12-5-11(16-13)14-10(3)15-12/h5,8-9H,6-7,13H2,1-4H3,(H,14,15,16). The molecule has 0 amide bonds. The van der Waals surface area contributed by atoms with Crippen LogP contribution in [0.1, 0.15) is 19.7 Å². The third-order valence-electron chi connectivity index (χ3n) is 3.66. The molecule has 2 heterocycles. The van der Waals surface area contributed by atoms with Crippen molar-refractivity contribution in [2.24, 2.45) is 5.84 Å². The van der Waals surface area contributed by atoms with Crippen molar-refractivity contribution in [3.05, 3.63) is 11.9 Å². The van der Waals surface area contributed by atoms with Gasteiger partial charge in [0.05, 0.1) is 0 Å². The molecule has 2 atom stereocenters. The molecule has 1 aliphatic heterocycles. The largest absolute Gasteiger partial charge is 0.353 e. The molecule has 0 aromatic carbocycles. The molecule has 6 nitrogen and oxygen atoms in total. The SMILES string of the molecule is Cc1nc(NN)cc(N2CC(C)N(C)C(C)C2)n1. The average Bonchev–Trinajstić information content (AvgIpc) is 2.34. The van der Waals surface area contributed by atoms with Crippen LogP contribution in [0.5, 0.6) is 0 Å². The molecule has 1 saturated heterocycles. The molecule has 0 saturated carbocycles. The van der Waals surface area contributed by atoms with Crippen LogP contribution in [-0.4, -0.2) is 47.1 Å². The van der Waals surface area contributed by atoms with Crippen LogP contribution in [0.3, 0.4) is 0 Å². The first-order chi connectivity index (χ1) is 8.51. The van der Waals surface area contributed by atoms with Crippen molar-refractivity contribution in [2.75, 3.05) is 30.5 Å². The molecule has 100 valence electrons.